The maximum absolute atomic E-state index is 11.6. The van der Waals surface area contributed by atoms with Gasteiger partial charge >= 0.3 is 6.09 Å². The van der Waals surface area contributed by atoms with Crippen molar-refractivity contribution in [3.05, 3.63) is 35.0 Å². The number of piperidine rings is 1. The Morgan fingerprint density at radius 1 is 1.26 bits per heavy atom. The third kappa shape index (κ3) is 6.28. The summed E-state index contributed by atoms with van der Waals surface area (Å²) >= 11 is 6.54. The van der Waals surface area contributed by atoms with Crippen LogP contribution in [-0.4, -0.2) is 61.8 Å². The second kappa shape index (κ2) is 10.6. The fourth-order valence-corrected chi connectivity index (χ4v) is 6.40. The first kappa shape index (κ1) is 27.7. The van der Waals surface area contributed by atoms with E-state index in [1.165, 1.54) is 4.90 Å². The Kier molecular flexibility index (Phi) is 8.41. The van der Waals surface area contributed by atoms with Gasteiger partial charge in [0.15, 0.2) is 9.76 Å². The van der Waals surface area contributed by atoms with E-state index in [1.807, 2.05) is 18.2 Å². The highest BCUT2D eigenvalue weighted by molar-refractivity contribution is 6.32. The SMILES string of the molecule is COc1ccc2ncc(Cl)c(C(O)CCC3(C(C)(C)O[SiH2]C(C)(C)C)CCN(C(=O)O)CC3)c2c1. The van der Waals surface area contributed by atoms with Crippen LogP contribution in [-0.2, 0) is 4.43 Å². The van der Waals surface area contributed by atoms with E-state index in [-0.39, 0.29) is 10.5 Å². The van der Waals surface area contributed by atoms with Crippen molar-refractivity contribution in [2.45, 2.75) is 77.0 Å². The fraction of sp³-hybridized carbons (Fsp3) is 0.615. The highest BCUT2D eigenvalue weighted by Crippen LogP contribution is 2.49. The number of halogens is 1. The molecular formula is C26H39ClN2O5Si. The Morgan fingerprint density at radius 3 is 2.49 bits per heavy atom. The van der Waals surface area contributed by atoms with E-state index in [9.17, 15) is 15.0 Å². The van der Waals surface area contributed by atoms with Crippen LogP contribution >= 0.6 is 11.6 Å². The van der Waals surface area contributed by atoms with Crippen LogP contribution in [0.4, 0.5) is 4.79 Å². The number of fused-ring (bicyclic) bond motifs is 1. The van der Waals surface area contributed by atoms with E-state index in [0.29, 0.717) is 55.1 Å². The molecule has 1 aliphatic heterocycles. The quantitative estimate of drug-likeness (QED) is 0.440. The number of ether oxygens (including phenoxy) is 1. The van der Waals surface area contributed by atoms with Crippen molar-refractivity contribution in [1.29, 1.82) is 0 Å². The molecule has 0 saturated carbocycles. The second-order valence-electron chi connectivity index (χ2n) is 11.4. The molecule has 194 valence electrons. The van der Waals surface area contributed by atoms with E-state index >= 15 is 0 Å². The molecule has 1 saturated heterocycles. The fourth-order valence-electron chi connectivity index (χ4n) is 5.02. The normalized spacial score (nSPS) is 17.8. The summed E-state index contributed by atoms with van der Waals surface area (Å²) in [7, 11) is 0.773. The molecule has 9 heteroatoms. The predicted octanol–water partition coefficient (Wildman–Crippen LogP) is 5.57. The third-order valence-electron chi connectivity index (χ3n) is 7.43. The van der Waals surface area contributed by atoms with E-state index in [0.717, 1.165) is 10.9 Å². The molecule has 1 aliphatic rings. The molecule has 1 atom stereocenters. The van der Waals surface area contributed by atoms with E-state index in [1.54, 1.807) is 13.3 Å². The lowest BCUT2D eigenvalue weighted by Crippen LogP contribution is -2.54. The minimum atomic E-state index is -0.884. The van der Waals surface area contributed by atoms with Gasteiger partial charge in [-0.2, -0.15) is 0 Å². The number of nitrogens with zero attached hydrogens (tertiary/aromatic N) is 2. The van der Waals surface area contributed by atoms with Gasteiger partial charge < -0.3 is 24.3 Å². The zero-order valence-electron chi connectivity index (χ0n) is 21.7. The molecule has 7 nitrogen and oxygen atoms in total. The first-order valence-electron chi connectivity index (χ1n) is 12.2. The maximum atomic E-state index is 11.6. The van der Waals surface area contributed by atoms with Crippen LogP contribution in [0, 0.1) is 5.41 Å². The van der Waals surface area contributed by atoms with Crippen LogP contribution < -0.4 is 4.74 Å². The van der Waals surface area contributed by atoms with Crippen LogP contribution in [0.2, 0.25) is 10.1 Å². The smallest absolute Gasteiger partial charge is 0.407 e. The molecule has 1 aromatic heterocycles. The molecule has 2 aromatic rings. The number of amides is 1. The minimum absolute atomic E-state index is 0.141. The van der Waals surface area contributed by atoms with Gasteiger partial charge in [0.25, 0.3) is 0 Å². The van der Waals surface area contributed by atoms with Crippen LogP contribution in [0.1, 0.15) is 72.0 Å². The second-order valence-corrected chi connectivity index (χ2v) is 14.5. The number of carbonyl (C=O) groups is 1. The Morgan fingerprint density at radius 2 is 1.91 bits per heavy atom. The van der Waals surface area contributed by atoms with Gasteiger partial charge in [0, 0.05) is 35.7 Å². The average Bonchev–Trinajstić information content (AvgIpc) is 2.80. The lowest BCUT2D eigenvalue weighted by Gasteiger charge is -2.52. The molecule has 0 bridgehead atoms. The van der Waals surface area contributed by atoms with Crippen molar-refractivity contribution in [2.24, 2.45) is 5.41 Å². The van der Waals surface area contributed by atoms with Gasteiger partial charge in [-0.3, -0.25) is 4.98 Å². The Balaban J connectivity index is 1.89. The molecule has 2 N–H and O–H groups in total. The summed E-state index contributed by atoms with van der Waals surface area (Å²) < 4.78 is 12.0. The maximum Gasteiger partial charge on any atom is 0.407 e. The standard InChI is InChI=1S/C26H39ClN2O5Si/c1-24(2,3)35-34-25(4,5)26(11-13-29(14-12-26)23(31)32)10-9-21(30)22-18-15-17(33-6)7-8-20(18)28-16-19(22)27/h7-8,15-16,21,30H,9-14,35H2,1-6H3,(H,31,32). The van der Waals surface area contributed by atoms with Crippen molar-refractivity contribution >= 4 is 38.4 Å². The van der Waals surface area contributed by atoms with Crippen LogP contribution in [0.5, 0.6) is 5.75 Å². The number of benzene rings is 1. The number of aliphatic hydroxyl groups excluding tert-OH is 1. The van der Waals surface area contributed by atoms with Gasteiger partial charge in [0.1, 0.15) is 5.75 Å². The summed E-state index contributed by atoms with van der Waals surface area (Å²) in [6.45, 7) is 11.8. The summed E-state index contributed by atoms with van der Waals surface area (Å²) in [5, 5.41) is 22.2. The molecule has 0 spiro atoms. The molecule has 0 radical (unpaired) electrons. The van der Waals surface area contributed by atoms with Crippen LogP contribution in [0.3, 0.4) is 0 Å². The summed E-state index contributed by atoms with van der Waals surface area (Å²) in [6, 6.07) is 5.55. The lowest BCUT2D eigenvalue weighted by molar-refractivity contribution is -0.0790. The van der Waals surface area contributed by atoms with Gasteiger partial charge in [-0.05, 0) is 62.8 Å². The third-order valence-corrected chi connectivity index (χ3v) is 9.47. The molecule has 1 unspecified atom stereocenters. The minimum Gasteiger partial charge on any atom is -0.497 e. The Bertz CT molecular complexity index is 1050. The summed E-state index contributed by atoms with van der Waals surface area (Å²) in [5.74, 6) is 0.675. The number of aliphatic hydroxyl groups is 1. The molecule has 1 fully saturated rings. The van der Waals surface area contributed by atoms with Crippen molar-refractivity contribution in [1.82, 2.24) is 9.88 Å². The predicted molar refractivity (Wildman–Crippen MR) is 142 cm³/mol. The zero-order valence-corrected chi connectivity index (χ0v) is 23.9. The number of likely N-dealkylation sites (tertiary alicyclic amines) is 1. The first-order chi connectivity index (χ1) is 16.3. The largest absolute Gasteiger partial charge is 0.497 e. The lowest BCUT2D eigenvalue weighted by atomic mass is 9.64. The number of pyridine rings is 1. The number of hydrogen-bond acceptors (Lipinski definition) is 5. The van der Waals surface area contributed by atoms with Crippen molar-refractivity contribution in [2.75, 3.05) is 20.2 Å². The first-order valence-corrected chi connectivity index (χ1v) is 13.9. The van der Waals surface area contributed by atoms with Crippen molar-refractivity contribution in [3.63, 3.8) is 0 Å². The van der Waals surface area contributed by atoms with E-state index in [4.69, 9.17) is 20.8 Å². The van der Waals surface area contributed by atoms with Crippen LogP contribution in [0.25, 0.3) is 10.9 Å². The van der Waals surface area contributed by atoms with Gasteiger partial charge in [-0.15, -0.1) is 0 Å². The monoisotopic (exact) mass is 522 g/mol. The van der Waals surface area contributed by atoms with Crippen molar-refractivity contribution < 1.29 is 24.2 Å². The van der Waals surface area contributed by atoms with E-state index < -0.39 is 27.6 Å². The number of hydrogen-bond donors (Lipinski definition) is 2. The Labute approximate surface area is 215 Å². The number of rotatable bonds is 8. The highest BCUT2D eigenvalue weighted by atomic mass is 35.5. The van der Waals surface area contributed by atoms with Gasteiger partial charge in [-0.25, -0.2) is 4.79 Å². The van der Waals surface area contributed by atoms with Gasteiger partial charge in [0.2, 0.25) is 0 Å². The molecule has 0 aliphatic carbocycles. The molecular weight excluding hydrogens is 484 g/mol. The summed E-state index contributed by atoms with van der Waals surface area (Å²) in [6.07, 6.45) is 2.45. The average molecular weight is 523 g/mol. The van der Waals surface area contributed by atoms with E-state index in [2.05, 4.69) is 39.6 Å². The molecule has 3 rings (SSSR count). The zero-order chi connectivity index (χ0) is 26.0. The summed E-state index contributed by atoms with van der Waals surface area (Å²) in [5.41, 5.74) is 0.694. The molecule has 1 amide bonds. The topological polar surface area (TPSA) is 92.1 Å². The summed E-state index contributed by atoms with van der Waals surface area (Å²) in [4.78, 5) is 17.4. The molecule has 2 heterocycles. The number of carboxylic acid groups (broad SMARTS) is 1. The van der Waals surface area contributed by atoms with Crippen LogP contribution in [0.15, 0.2) is 24.4 Å². The number of aromatic nitrogens is 1. The Hall–Kier alpha value is -1.87. The highest BCUT2D eigenvalue weighted by Gasteiger charge is 2.48. The van der Waals surface area contributed by atoms with Gasteiger partial charge in [-0.1, -0.05) is 32.4 Å². The molecule has 1 aromatic carbocycles. The molecule has 35 heavy (non-hydrogen) atoms. The van der Waals surface area contributed by atoms with Gasteiger partial charge in [0.05, 0.1) is 29.4 Å². The number of methoxy groups -OCH3 is 1. The van der Waals surface area contributed by atoms with Crippen molar-refractivity contribution in [3.8, 4) is 5.75 Å².